The minimum absolute atomic E-state index is 0.0359. The summed E-state index contributed by atoms with van der Waals surface area (Å²) in [5.41, 5.74) is 18.7. The summed E-state index contributed by atoms with van der Waals surface area (Å²) in [5, 5.41) is 0. The summed E-state index contributed by atoms with van der Waals surface area (Å²) in [4.78, 5) is 18.6. The van der Waals surface area contributed by atoms with E-state index in [2.05, 4.69) is 9.89 Å². The van der Waals surface area contributed by atoms with Crippen molar-refractivity contribution in [1.29, 1.82) is 0 Å². The summed E-state index contributed by atoms with van der Waals surface area (Å²) in [5.74, 6) is 0.762. The van der Waals surface area contributed by atoms with E-state index < -0.39 is 5.91 Å². The fourth-order valence-corrected chi connectivity index (χ4v) is 3.15. The van der Waals surface area contributed by atoms with E-state index in [1.165, 1.54) is 0 Å². The molecule has 0 aromatic heterocycles. The molecule has 0 spiro atoms. The van der Waals surface area contributed by atoms with E-state index in [0.29, 0.717) is 11.3 Å². The number of amidine groups is 1. The van der Waals surface area contributed by atoms with Crippen molar-refractivity contribution in [3.8, 4) is 11.5 Å². The Morgan fingerprint density at radius 2 is 1.68 bits per heavy atom. The Labute approximate surface area is 164 Å². The molecular formula is C21H25N5O2. The largest absolute Gasteiger partial charge is 0.457 e. The Kier molecular flexibility index (Phi) is 5.96. The molecule has 0 bridgehead atoms. The molecule has 1 atom stereocenters. The first-order valence-corrected chi connectivity index (χ1v) is 9.09. The molecule has 2 aromatic rings. The molecule has 0 radical (unpaired) electrons. The van der Waals surface area contributed by atoms with Gasteiger partial charge in [0.2, 0.25) is 0 Å². The molecule has 1 aliphatic heterocycles. The molecule has 1 heterocycles. The summed E-state index contributed by atoms with van der Waals surface area (Å²) >= 11 is 0. The molecule has 7 heteroatoms. The van der Waals surface area contributed by atoms with E-state index in [9.17, 15) is 4.79 Å². The number of para-hydroxylation sites is 1. The van der Waals surface area contributed by atoms with Gasteiger partial charge in [-0.05, 0) is 62.0 Å². The fraction of sp³-hybridized carbons (Fsp3) is 0.238. The molecule has 6 N–H and O–H groups in total. The SMILES string of the molecule is CN1CCC(N=C(N)C(C(N)=O)=C(N)c2ccc(Oc3ccccc3)cc2)C1. The maximum atomic E-state index is 12.0. The molecule has 7 nitrogen and oxygen atoms in total. The van der Waals surface area contributed by atoms with Crippen molar-refractivity contribution in [2.75, 3.05) is 20.1 Å². The molecule has 1 unspecified atom stereocenters. The van der Waals surface area contributed by atoms with Crippen LogP contribution in [0.25, 0.3) is 5.70 Å². The predicted molar refractivity (Wildman–Crippen MR) is 111 cm³/mol. The topological polar surface area (TPSA) is 120 Å². The smallest absolute Gasteiger partial charge is 0.254 e. The van der Waals surface area contributed by atoms with Crippen molar-refractivity contribution in [3.05, 3.63) is 65.7 Å². The van der Waals surface area contributed by atoms with Gasteiger partial charge in [-0.2, -0.15) is 0 Å². The second kappa shape index (κ2) is 8.58. The van der Waals surface area contributed by atoms with Gasteiger partial charge in [-0.3, -0.25) is 9.79 Å². The number of likely N-dealkylation sites (N-methyl/N-ethyl adjacent to an activating group) is 1. The normalized spacial score (nSPS) is 18.6. The third kappa shape index (κ3) is 4.69. The van der Waals surface area contributed by atoms with Crippen LogP contribution in [0.5, 0.6) is 11.5 Å². The van der Waals surface area contributed by atoms with Gasteiger partial charge in [-0.1, -0.05) is 18.2 Å². The maximum Gasteiger partial charge on any atom is 0.254 e. The first-order chi connectivity index (χ1) is 13.4. The lowest BCUT2D eigenvalue weighted by Gasteiger charge is -2.12. The van der Waals surface area contributed by atoms with Crippen molar-refractivity contribution in [3.63, 3.8) is 0 Å². The van der Waals surface area contributed by atoms with E-state index in [0.717, 1.165) is 25.3 Å². The van der Waals surface area contributed by atoms with Gasteiger partial charge >= 0.3 is 0 Å². The monoisotopic (exact) mass is 379 g/mol. The van der Waals surface area contributed by atoms with Crippen molar-refractivity contribution in [1.82, 2.24) is 4.90 Å². The lowest BCUT2D eigenvalue weighted by Crippen LogP contribution is -2.31. The second-order valence-electron chi connectivity index (χ2n) is 6.81. The van der Waals surface area contributed by atoms with Crippen LogP contribution < -0.4 is 21.9 Å². The fourth-order valence-electron chi connectivity index (χ4n) is 3.15. The molecule has 1 amide bonds. The predicted octanol–water partition coefficient (Wildman–Crippen LogP) is 1.70. The number of benzene rings is 2. The summed E-state index contributed by atoms with van der Waals surface area (Å²) in [7, 11) is 2.02. The zero-order chi connectivity index (χ0) is 20.1. The summed E-state index contributed by atoms with van der Waals surface area (Å²) in [6, 6.07) is 16.5. The second-order valence-corrected chi connectivity index (χ2v) is 6.81. The number of ether oxygens (including phenoxy) is 1. The Balaban J connectivity index is 1.83. The van der Waals surface area contributed by atoms with Crippen LogP contribution in [0.3, 0.4) is 0 Å². The highest BCUT2D eigenvalue weighted by molar-refractivity contribution is 6.24. The molecule has 3 rings (SSSR count). The van der Waals surface area contributed by atoms with Crippen LogP contribution in [-0.4, -0.2) is 42.8 Å². The average Bonchev–Trinajstić information content (AvgIpc) is 3.07. The number of rotatable bonds is 6. The maximum absolute atomic E-state index is 12.0. The lowest BCUT2D eigenvalue weighted by molar-refractivity contribution is -0.114. The van der Waals surface area contributed by atoms with Crippen molar-refractivity contribution in [2.45, 2.75) is 12.5 Å². The van der Waals surface area contributed by atoms with Crippen LogP contribution in [0, 0.1) is 0 Å². The van der Waals surface area contributed by atoms with E-state index in [4.69, 9.17) is 21.9 Å². The average molecular weight is 379 g/mol. The molecule has 0 saturated carbocycles. The Hall–Kier alpha value is -3.32. The van der Waals surface area contributed by atoms with E-state index in [-0.39, 0.29) is 23.1 Å². The number of likely N-dealkylation sites (tertiary alicyclic amines) is 1. The molecule has 146 valence electrons. The Morgan fingerprint density at radius 1 is 1.04 bits per heavy atom. The van der Waals surface area contributed by atoms with E-state index >= 15 is 0 Å². The highest BCUT2D eigenvalue weighted by Crippen LogP contribution is 2.23. The van der Waals surface area contributed by atoms with Crippen LogP contribution in [-0.2, 0) is 4.79 Å². The van der Waals surface area contributed by atoms with Crippen LogP contribution in [0.1, 0.15) is 12.0 Å². The van der Waals surface area contributed by atoms with E-state index in [1.807, 2.05) is 37.4 Å². The zero-order valence-corrected chi connectivity index (χ0v) is 15.8. The number of nitrogens with zero attached hydrogens (tertiary/aromatic N) is 2. The van der Waals surface area contributed by atoms with Gasteiger partial charge in [-0.15, -0.1) is 0 Å². The van der Waals surface area contributed by atoms with Gasteiger partial charge in [0.25, 0.3) is 5.91 Å². The lowest BCUT2D eigenvalue weighted by atomic mass is 10.0. The van der Waals surface area contributed by atoms with Gasteiger partial charge in [0.15, 0.2) is 0 Å². The summed E-state index contributed by atoms with van der Waals surface area (Å²) in [6.07, 6.45) is 0.884. The quantitative estimate of drug-likeness (QED) is 0.401. The van der Waals surface area contributed by atoms with Gasteiger partial charge in [0.05, 0.1) is 11.7 Å². The molecule has 1 aliphatic rings. The highest BCUT2D eigenvalue weighted by Gasteiger charge is 2.22. The number of aliphatic imine (C=N–C) groups is 1. The van der Waals surface area contributed by atoms with Crippen molar-refractivity contribution in [2.24, 2.45) is 22.2 Å². The number of nitrogens with two attached hydrogens (primary N) is 3. The molecule has 1 fully saturated rings. The van der Waals surface area contributed by atoms with Crippen LogP contribution in [0.4, 0.5) is 0 Å². The minimum Gasteiger partial charge on any atom is -0.457 e. The third-order valence-corrected chi connectivity index (χ3v) is 4.60. The van der Waals surface area contributed by atoms with Crippen molar-refractivity contribution < 1.29 is 9.53 Å². The first-order valence-electron chi connectivity index (χ1n) is 9.09. The van der Waals surface area contributed by atoms with Gasteiger partial charge in [0, 0.05) is 6.54 Å². The molecule has 1 saturated heterocycles. The van der Waals surface area contributed by atoms with Crippen LogP contribution >= 0.6 is 0 Å². The van der Waals surface area contributed by atoms with Gasteiger partial charge < -0.3 is 26.8 Å². The molecule has 28 heavy (non-hydrogen) atoms. The standard InChI is InChI=1S/C21H25N5O2/c1-26-12-11-15(13-26)25-20(23)18(21(24)27)19(22)14-7-9-17(10-8-14)28-16-5-3-2-4-6-16/h2-10,15H,11-13,22H2,1H3,(H2,23,25)(H2,24,27). The van der Waals surface area contributed by atoms with E-state index in [1.54, 1.807) is 24.3 Å². The summed E-state index contributed by atoms with van der Waals surface area (Å²) < 4.78 is 5.77. The number of hydrogen-bond donors (Lipinski definition) is 3. The molecule has 2 aromatic carbocycles. The number of carbonyl (C=O) groups excluding carboxylic acids is 1. The van der Waals surface area contributed by atoms with Crippen LogP contribution in [0.2, 0.25) is 0 Å². The van der Waals surface area contributed by atoms with Crippen LogP contribution in [0.15, 0.2) is 65.2 Å². The molecular weight excluding hydrogens is 354 g/mol. The molecule has 0 aliphatic carbocycles. The first kappa shape index (κ1) is 19.4. The third-order valence-electron chi connectivity index (χ3n) is 4.60. The van der Waals surface area contributed by atoms with Gasteiger partial charge in [0.1, 0.15) is 22.9 Å². The van der Waals surface area contributed by atoms with Crippen molar-refractivity contribution >= 4 is 17.4 Å². The number of amides is 1. The Morgan fingerprint density at radius 3 is 2.25 bits per heavy atom. The number of primary amides is 1. The highest BCUT2D eigenvalue weighted by atomic mass is 16.5. The zero-order valence-electron chi connectivity index (χ0n) is 15.8. The minimum atomic E-state index is -0.699. The number of hydrogen-bond acceptors (Lipinski definition) is 5. The van der Waals surface area contributed by atoms with Gasteiger partial charge in [-0.25, -0.2) is 0 Å². The number of carbonyl (C=O) groups is 1. The summed E-state index contributed by atoms with van der Waals surface area (Å²) in [6.45, 7) is 1.73. The Bertz CT molecular complexity index is 891.